The first kappa shape index (κ1) is 15.8. The summed E-state index contributed by atoms with van der Waals surface area (Å²) in [6.45, 7) is 0. The van der Waals surface area contributed by atoms with Gasteiger partial charge in [-0.1, -0.05) is 18.2 Å². The van der Waals surface area contributed by atoms with Crippen LogP contribution in [-0.2, 0) is 18.3 Å². The van der Waals surface area contributed by atoms with Crippen molar-refractivity contribution in [2.45, 2.75) is 6.42 Å². The van der Waals surface area contributed by atoms with E-state index >= 15 is 0 Å². The summed E-state index contributed by atoms with van der Waals surface area (Å²) in [6, 6.07) is 11.0. The molecule has 0 aliphatic rings. The largest absolute Gasteiger partial charge is 0.331 e. The Labute approximate surface area is 136 Å². The minimum absolute atomic E-state index is 0.00226. The average molecular weight is 328 g/mol. The molecule has 0 saturated carbocycles. The van der Waals surface area contributed by atoms with Crippen molar-refractivity contribution in [2.75, 3.05) is 0 Å². The van der Waals surface area contributed by atoms with Crippen LogP contribution in [0.4, 0.5) is 8.78 Å². The third kappa shape index (κ3) is 3.15. The van der Waals surface area contributed by atoms with Crippen LogP contribution in [0.1, 0.15) is 11.4 Å². The van der Waals surface area contributed by atoms with Crippen LogP contribution in [0, 0.1) is 11.6 Å². The lowest BCUT2D eigenvalue weighted by Crippen LogP contribution is -2.21. The molecule has 0 saturated heterocycles. The van der Waals surface area contributed by atoms with E-state index in [1.165, 1.54) is 6.07 Å². The van der Waals surface area contributed by atoms with Crippen molar-refractivity contribution in [3.63, 3.8) is 0 Å². The number of nitrogens with one attached hydrogen (secondary N) is 1. The SMILES string of the molecule is Cn1c(CC(=O)N/N=C/c2c(F)cccc2F)nc2ccccc21. The molecular weight excluding hydrogens is 314 g/mol. The lowest BCUT2D eigenvalue weighted by Gasteiger charge is -2.02. The second kappa shape index (κ2) is 6.57. The molecule has 24 heavy (non-hydrogen) atoms. The summed E-state index contributed by atoms with van der Waals surface area (Å²) < 4.78 is 28.7. The molecule has 1 amide bonds. The Morgan fingerprint density at radius 1 is 1.21 bits per heavy atom. The van der Waals surface area contributed by atoms with Crippen LogP contribution in [-0.4, -0.2) is 21.7 Å². The number of hydrogen-bond acceptors (Lipinski definition) is 3. The van der Waals surface area contributed by atoms with E-state index in [9.17, 15) is 13.6 Å². The quantitative estimate of drug-likeness (QED) is 0.591. The molecule has 7 heteroatoms. The summed E-state index contributed by atoms with van der Waals surface area (Å²) in [7, 11) is 1.82. The molecule has 0 aliphatic heterocycles. The number of imidazole rings is 1. The van der Waals surface area contributed by atoms with Gasteiger partial charge in [0.15, 0.2) is 0 Å². The van der Waals surface area contributed by atoms with Crippen molar-refractivity contribution in [1.82, 2.24) is 15.0 Å². The number of rotatable bonds is 4. The van der Waals surface area contributed by atoms with Crippen molar-refractivity contribution < 1.29 is 13.6 Å². The van der Waals surface area contributed by atoms with Crippen molar-refractivity contribution in [2.24, 2.45) is 12.1 Å². The normalized spacial score (nSPS) is 11.3. The lowest BCUT2D eigenvalue weighted by atomic mass is 10.2. The topological polar surface area (TPSA) is 59.3 Å². The number of carbonyl (C=O) groups excluding carboxylic acids is 1. The molecule has 0 radical (unpaired) electrons. The van der Waals surface area contributed by atoms with Crippen molar-refractivity contribution >= 4 is 23.2 Å². The standard InChI is InChI=1S/C17H14F2N4O/c1-23-15-8-3-2-7-14(15)21-16(23)9-17(24)22-20-10-11-12(18)5-4-6-13(11)19/h2-8,10H,9H2,1H3,(H,22,24)/b20-10+. The van der Waals surface area contributed by atoms with Crippen LogP contribution in [0.15, 0.2) is 47.6 Å². The summed E-state index contributed by atoms with van der Waals surface area (Å²) >= 11 is 0. The van der Waals surface area contributed by atoms with Gasteiger partial charge in [0, 0.05) is 7.05 Å². The molecule has 122 valence electrons. The van der Waals surface area contributed by atoms with Crippen LogP contribution >= 0.6 is 0 Å². The third-order valence-corrected chi connectivity index (χ3v) is 3.58. The molecule has 1 N–H and O–H groups in total. The highest BCUT2D eigenvalue weighted by atomic mass is 19.1. The van der Waals surface area contributed by atoms with Gasteiger partial charge in [-0.15, -0.1) is 0 Å². The number of aryl methyl sites for hydroxylation is 1. The fourth-order valence-electron chi connectivity index (χ4n) is 2.34. The molecule has 0 bridgehead atoms. The second-order valence-electron chi connectivity index (χ2n) is 5.18. The molecule has 1 heterocycles. The fourth-order valence-corrected chi connectivity index (χ4v) is 2.34. The van der Waals surface area contributed by atoms with Crippen LogP contribution in [0.25, 0.3) is 11.0 Å². The van der Waals surface area contributed by atoms with E-state index in [1.54, 1.807) is 0 Å². The van der Waals surface area contributed by atoms with Gasteiger partial charge in [0.1, 0.15) is 17.5 Å². The monoisotopic (exact) mass is 328 g/mol. The summed E-state index contributed by atoms with van der Waals surface area (Å²) in [5, 5.41) is 3.60. The summed E-state index contributed by atoms with van der Waals surface area (Å²) in [5.41, 5.74) is 3.65. The zero-order valence-electron chi connectivity index (χ0n) is 12.8. The van der Waals surface area contributed by atoms with Gasteiger partial charge < -0.3 is 4.57 Å². The third-order valence-electron chi connectivity index (χ3n) is 3.58. The first-order chi connectivity index (χ1) is 11.6. The van der Waals surface area contributed by atoms with Gasteiger partial charge in [-0.05, 0) is 24.3 Å². The van der Waals surface area contributed by atoms with Crippen LogP contribution in [0.5, 0.6) is 0 Å². The van der Waals surface area contributed by atoms with Gasteiger partial charge in [0.05, 0.1) is 29.2 Å². The van der Waals surface area contributed by atoms with Gasteiger partial charge in [-0.25, -0.2) is 19.2 Å². The molecule has 3 rings (SSSR count). The minimum Gasteiger partial charge on any atom is -0.331 e. The predicted molar refractivity (Wildman–Crippen MR) is 86.5 cm³/mol. The number of carbonyl (C=O) groups is 1. The number of fused-ring (bicyclic) bond motifs is 1. The molecule has 0 fully saturated rings. The molecule has 0 aliphatic carbocycles. The van der Waals surface area contributed by atoms with E-state index in [2.05, 4.69) is 15.5 Å². The summed E-state index contributed by atoms with van der Waals surface area (Å²) in [4.78, 5) is 16.3. The number of aromatic nitrogens is 2. The molecule has 2 aromatic carbocycles. The Kier molecular flexibility index (Phi) is 4.33. The van der Waals surface area contributed by atoms with Crippen molar-refractivity contribution in [1.29, 1.82) is 0 Å². The molecule has 5 nitrogen and oxygen atoms in total. The highest BCUT2D eigenvalue weighted by molar-refractivity contribution is 5.84. The Balaban J connectivity index is 1.69. The second-order valence-corrected chi connectivity index (χ2v) is 5.18. The maximum Gasteiger partial charge on any atom is 0.247 e. The molecule has 0 spiro atoms. The van der Waals surface area contributed by atoms with Crippen LogP contribution in [0.3, 0.4) is 0 Å². The Morgan fingerprint density at radius 3 is 2.62 bits per heavy atom. The maximum atomic E-state index is 13.4. The van der Waals surface area contributed by atoms with Gasteiger partial charge >= 0.3 is 0 Å². The van der Waals surface area contributed by atoms with E-state index in [0.29, 0.717) is 5.82 Å². The zero-order chi connectivity index (χ0) is 17.1. The van der Waals surface area contributed by atoms with Gasteiger partial charge in [-0.2, -0.15) is 5.10 Å². The number of halogens is 2. The summed E-state index contributed by atoms with van der Waals surface area (Å²) in [5.74, 6) is -1.35. The average Bonchev–Trinajstić information content (AvgIpc) is 2.87. The predicted octanol–water partition coefficient (Wildman–Crippen LogP) is 2.54. The number of benzene rings is 2. The van der Waals surface area contributed by atoms with Gasteiger partial charge in [-0.3, -0.25) is 4.79 Å². The van der Waals surface area contributed by atoms with E-state index in [4.69, 9.17) is 0 Å². The Bertz CT molecular complexity index is 913. The highest BCUT2D eigenvalue weighted by Gasteiger charge is 2.11. The van der Waals surface area contributed by atoms with Crippen molar-refractivity contribution in [3.05, 3.63) is 65.5 Å². The number of nitrogens with zero attached hydrogens (tertiary/aromatic N) is 3. The molecule has 3 aromatic rings. The van der Waals surface area contributed by atoms with Gasteiger partial charge in [0.2, 0.25) is 5.91 Å². The molecule has 0 atom stereocenters. The lowest BCUT2D eigenvalue weighted by molar-refractivity contribution is -0.120. The maximum absolute atomic E-state index is 13.4. The molecule has 0 unspecified atom stereocenters. The van der Waals surface area contributed by atoms with Crippen LogP contribution in [0.2, 0.25) is 0 Å². The Hall–Kier alpha value is -3.09. The minimum atomic E-state index is -0.747. The number of amides is 1. The highest BCUT2D eigenvalue weighted by Crippen LogP contribution is 2.14. The number of hydrogen-bond donors (Lipinski definition) is 1. The van der Waals surface area contributed by atoms with Crippen molar-refractivity contribution in [3.8, 4) is 0 Å². The van der Waals surface area contributed by atoms with E-state index < -0.39 is 17.5 Å². The van der Waals surface area contributed by atoms with E-state index in [1.807, 2.05) is 35.9 Å². The molecular formula is C17H14F2N4O. The number of para-hydroxylation sites is 2. The van der Waals surface area contributed by atoms with E-state index in [-0.39, 0.29) is 12.0 Å². The first-order valence-electron chi connectivity index (χ1n) is 7.22. The smallest absolute Gasteiger partial charge is 0.247 e. The number of hydrazone groups is 1. The van der Waals surface area contributed by atoms with E-state index in [0.717, 1.165) is 29.4 Å². The fraction of sp³-hybridized carbons (Fsp3) is 0.118. The zero-order valence-corrected chi connectivity index (χ0v) is 12.8. The Morgan fingerprint density at radius 2 is 1.92 bits per heavy atom. The molecule has 1 aromatic heterocycles. The van der Waals surface area contributed by atoms with Gasteiger partial charge in [0.25, 0.3) is 0 Å². The first-order valence-corrected chi connectivity index (χ1v) is 7.22. The summed E-state index contributed by atoms with van der Waals surface area (Å²) in [6.07, 6.45) is 0.944. The van der Waals surface area contributed by atoms with Crippen LogP contribution < -0.4 is 5.43 Å².